The van der Waals surface area contributed by atoms with Crippen molar-refractivity contribution in [3.8, 4) is 0 Å². The summed E-state index contributed by atoms with van der Waals surface area (Å²) in [5.41, 5.74) is 2.93. The van der Waals surface area contributed by atoms with E-state index >= 15 is 0 Å². The number of piperidine rings is 2. The van der Waals surface area contributed by atoms with Gasteiger partial charge in [0.05, 0.1) is 12.6 Å². The molecule has 1 aliphatic carbocycles. The molecule has 29 heavy (non-hydrogen) atoms. The lowest BCUT2D eigenvalue weighted by Crippen LogP contribution is -2.51. The molecule has 0 unspecified atom stereocenters. The van der Waals surface area contributed by atoms with Crippen molar-refractivity contribution < 1.29 is 14.3 Å². The molecule has 1 N–H and O–H groups in total. The highest BCUT2D eigenvalue weighted by Gasteiger charge is 2.46. The quantitative estimate of drug-likeness (QED) is 0.848. The number of amides is 2. The molecule has 158 valence electrons. The van der Waals surface area contributed by atoms with Crippen molar-refractivity contribution in [3.05, 3.63) is 35.4 Å². The summed E-state index contributed by atoms with van der Waals surface area (Å²) in [5, 5.41) is 3.17. The third-order valence-electron chi connectivity index (χ3n) is 7.14. The van der Waals surface area contributed by atoms with E-state index in [0.717, 1.165) is 58.3 Å². The number of fused-ring (bicyclic) bond motifs is 2. The Hall–Kier alpha value is -2.08. The van der Waals surface area contributed by atoms with Crippen LogP contribution in [-0.2, 0) is 14.9 Å². The molecule has 2 fully saturated rings. The molecule has 1 atom stereocenters. The van der Waals surface area contributed by atoms with Crippen LogP contribution in [0, 0.1) is 0 Å². The van der Waals surface area contributed by atoms with E-state index in [1.165, 1.54) is 11.1 Å². The van der Waals surface area contributed by atoms with Crippen LogP contribution in [0.2, 0.25) is 0 Å². The van der Waals surface area contributed by atoms with Gasteiger partial charge in [0.15, 0.2) is 0 Å². The fourth-order valence-electron chi connectivity index (χ4n) is 5.69. The Morgan fingerprint density at radius 2 is 1.83 bits per heavy atom. The maximum atomic E-state index is 11.9. The van der Waals surface area contributed by atoms with E-state index in [1.54, 1.807) is 6.92 Å². The van der Waals surface area contributed by atoms with Crippen LogP contribution in [0.15, 0.2) is 24.3 Å². The third kappa shape index (κ3) is 4.00. The number of carbonyl (C=O) groups excluding carboxylic acids is 2. The van der Waals surface area contributed by atoms with Crippen LogP contribution >= 0.6 is 0 Å². The fourth-order valence-corrected chi connectivity index (χ4v) is 5.69. The first-order chi connectivity index (χ1) is 14.0. The van der Waals surface area contributed by atoms with Crippen LogP contribution in [-0.4, -0.2) is 60.6 Å². The standard InChI is InChI=1S/C23H33N3O3/c1-3-29-22(28)26-12-8-18(9-13-26)25-14-10-23(11-15-25)16-21(24-17(2)27)19-6-4-5-7-20(19)23/h4-7,18,21H,3,8-16H2,1-2H3,(H,24,27)/t21-/m1/s1. The molecule has 3 aliphatic rings. The van der Waals surface area contributed by atoms with Crippen molar-refractivity contribution in [2.24, 2.45) is 0 Å². The van der Waals surface area contributed by atoms with Crippen LogP contribution < -0.4 is 5.32 Å². The number of nitrogens with one attached hydrogen (secondary N) is 1. The number of ether oxygens (including phenoxy) is 1. The molecule has 0 bridgehead atoms. The number of nitrogens with zero attached hydrogens (tertiary/aromatic N) is 2. The Morgan fingerprint density at radius 3 is 2.48 bits per heavy atom. The summed E-state index contributed by atoms with van der Waals surface area (Å²) in [7, 11) is 0. The Labute approximate surface area is 173 Å². The van der Waals surface area contributed by atoms with Crippen molar-refractivity contribution in [2.75, 3.05) is 32.8 Å². The summed E-state index contributed by atoms with van der Waals surface area (Å²) >= 11 is 0. The summed E-state index contributed by atoms with van der Waals surface area (Å²) in [6.45, 7) is 7.66. The molecule has 0 aromatic heterocycles. The van der Waals surface area contributed by atoms with Gasteiger partial charge in [0.1, 0.15) is 0 Å². The number of hydrogen-bond donors (Lipinski definition) is 1. The highest BCUT2D eigenvalue weighted by molar-refractivity contribution is 5.74. The maximum Gasteiger partial charge on any atom is 0.409 e. The second-order valence-electron chi connectivity index (χ2n) is 8.78. The molecule has 2 saturated heterocycles. The first kappa shape index (κ1) is 20.2. The number of rotatable bonds is 3. The molecule has 2 heterocycles. The first-order valence-corrected chi connectivity index (χ1v) is 11.0. The van der Waals surface area contributed by atoms with E-state index < -0.39 is 0 Å². The number of carbonyl (C=O) groups is 2. The van der Waals surface area contributed by atoms with E-state index in [1.807, 2.05) is 11.8 Å². The topological polar surface area (TPSA) is 61.9 Å². The molecule has 2 aliphatic heterocycles. The van der Waals surface area contributed by atoms with Crippen LogP contribution in [0.1, 0.15) is 63.1 Å². The third-order valence-corrected chi connectivity index (χ3v) is 7.14. The van der Waals surface area contributed by atoms with Gasteiger partial charge in [-0.3, -0.25) is 4.79 Å². The number of benzene rings is 1. The maximum absolute atomic E-state index is 11.9. The lowest BCUT2D eigenvalue weighted by atomic mass is 9.73. The zero-order valence-electron chi connectivity index (χ0n) is 17.7. The molecule has 6 nitrogen and oxygen atoms in total. The second-order valence-corrected chi connectivity index (χ2v) is 8.78. The van der Waals surface area contributed by atoms with Crippen molar-refractivity contribution in [2.45, 2.75) is 63.5 Å². The summed E-state index contributed by atoms with van der Waals surface area (Å²) in [4.78, 5) is 28.1. The molecule has 0 radical (unpaired) electrons. The molecule has 1 aromatic rings. The van der Waals surface area contributed by atoms with Gasteiger partial charge in [-0.15, -0.1) is 0 Å². The minimum Gasteiger partial charge on any atom is -0.450 e. The summed E-state index contributed by atoms with van der Waals surface area (Å²) in [6, 6.07) is 9.36. The molecule has 6 heteroatoms. The summed E-state index contributed by atoms with van der Waals surface area (Å²) in [6.07, 6.45) is 5.17. The Morgan fingerprint density at radius 1 is 1.14 bits per heavy atom. The average Bonchev–Trinajstić information content (AvgIpc) is 3.02. The van der Waals surface area contributed by atoms with E-state index in [2.05, 4.69) is 34.5 Å². The van der Waals surface area contributed by atoms with Gasteiger partial charge in [-0.2, -0.15) is 0 Å². The van der Waals surface area contributed by atoms with Gasteiger partial charge in [-0.25, -0.2) is 4.79 Å². The highest BCUT2D eigenvalue weighted by atomic mass is 16.6. The summed E-state index contributed by atoms with van der Waals surface area (Å²) in [5.74, 6) is 0.0487. The molecule has 0 saturated carbocycles. The predicted molar refractivity (Wildman–Crippen MR) is 112 cm³/mol. The SMILES string of the molecule is CCOC(=O)N1CCC(N2CCC3(CC2)C[C@@H](NC(C)=O)c2ccccc23)CC1. The monoisotopic (exact) mass is 399 g/mol. The zero-order chi connectivity index (χ0) is 20.4. The van der Waals surface area contributed by atoms with Crippen molar-refractivity contribution in [1.29, 1.82) is 0 Å². The largest absolute Gasteiger partial charge is 0.450 e. The molecule has 1 spiro atoms. The Kier molecular flexibility index (Phi) is 5.81. The van der Waals surface area contributed by atoms with Gasteiger partial charge >= 0.3 is 6.09 Å². The van der Waals surface area contributed by atoms with E-state index in [-0.39, 0.29) is 23.5 Å². The molecular formula is C23H33N3O3. The second kappa shape index (κ2) is 8.34. The van der Waals surface area contributed by atoms with E-state index in [9.17, 15) is 9.59 Å². The minimum absolute atomic E-state index is 0.0487. The van der Waals surface area contributed by atoms with E-state index in [0.29, 0.717) is 12.6 Å². The van der Waals surface area contributed by atoms with Gasteiger partial charge in [0.25, 0.3) is 0 Å². The predicted octanol–water partition coefficient (Wildman–Crippen LogP) is 3.22. The van der Waals surface area contributed by atoms with Crippen LogP contribution in [0.4, 0.5) is 4.79 Å². The summed E-state index contributed by atoms with van der Waals surface area (Å²) < 4.78 is 5.14. The van der Waals surface area contributed by atoms with Gasteiger partial charge in [0.2, 0.25) is 5.91 Å². The van der Waals surface area contributed by atoms with E-state index in [4.69, 9.17) is 4.74 Å². The van der Waals surface area contributed by atoms with Gasteiger partial charge in [-0.05, 0) is 63.2 Å². The molecule has 1 aromatic carbocycles. The van der Waals surface area contributed by atoms with Gasteiger partial charge < -0.3 is 19.9 Å². The van der Waals surface area contributed by atoms with Crippen molar-refractivity contribution in [3.63, 3.8) is 0 Å². The molecule has 4 rings (SSSR count). The average molecular weight is 400 g/mol. The number of hydrogen-bond acceptors (Lipinski definition) is 4. The smallest absolute Gasteiger partial charge is 0.409 e. The lowest BCUT2D eigenvalue weighted by Gasteiger charge is -2.45. The van der Waals surface area contributed by atoms with Gasteiger partial charge in [0, 0.05) is 31.5 Å². The Bertz CT molecular complexity index is 749. The van der Waals surface area contributed by atoms with Crippen molar-refractivity contribution in [1.82, 2.24) is 15.1 Å². The molecular weight excluding hydrogens is 366 g/mol. The number of likely N-dealkylation sites (tertiary alicyclic amines) is 2. The fraction of sp³-hybridized carbons (Fsp3) is 0.652. The van der Waals surface area contributed by atoms with Gasteiger partial charge in [-0.1, -0.05) is 24.3 Å². The van der Waals surface area contributed by atoms with Crippen LogP contribution in [0.3, 0.4) is 0 Å². The van der Waals surface area contributed by atoms with Crippen LogP contribution in [0.5, 0.6) is 0 Å². The highest BCUT2D eigenvalue weighted by Crippen LogP contribution is 2.51. The zero-order valence-corrected chi connectivity index (χ0v) is 17.7. The minimum atomic E-state index is -0.171. The Balaban J connectivity index is 1.37. The lowest BCUT2D eigenvalue weighted by molar-refractivity contribution is -0.119. The van der Waals surface area contributed by atoms with Crippen LogP contribution in [0.25, 0.3) is 0 Å². The van der Waals surface area contributed by atoms with Crippen molar-refractivity contribution >= 4 is 12.0 Å². The molecule has 2 amide bonds. The first-order valence-electron chi connectivity index (χ1n) is 11.0. The normalized spacial score (nSPS) is 24.3.